The molecule has 1 saturated carbocycles. The number of hydrogen-bond donors (Lipinski definition) is 1. The van der Waals surface area contributed by atoms with Gasteiger partial charge in [-0.05, 0) is 49.2 Å². The summed E-state index contributed by atoms with van der Waals surface area (Å²) in [5.74, 6) is 0.331. The molecule has 3 aromatic rings. The average Bonchev–Trinajstić information content (AvgIpc) is 2.98. The van der Waals surface area contributed by atoms with E-state index >= 15 is 0 Å². The molecule has 1 aliphatic carbocycles. The van der Waals surface area contributed by atoms with Crippen LogP contribution in [0.25, 0.3) is 11.0 Å². The van der Waals surface area contributed by atoms with Gasteiger partial charge in [0.25, 0.3) is 5.91 Å². The normalized spacial score (nSPS) is 14.7. The summed E-state index contributed by atoms with van der Waals surface area (Å²) in [6.45, 7) is -0.110. The van der Waals surface area contributed by atoms with E-state index in [1.54, 1.807) is 59.3 Å². The molecule has 0 atom stereocenters. The van der Waals surface area contributed by atoms with Crippen molar-refractivity contribution in [1.82, 2.24) is 9.13 Å². The second-order valence-corrected chi connectivity index (χ2v) is 9.68. The number of hydrogen-bond acceptors (Lipinski definition) is 4. The Morgan fingerprint density at radius 1 is 1.10 bits per heavy atom. The highest BCUT2D eigenvalue weighted by Gasteiger charge is 2.20. The van der Waals surface area contributed by atoms with E-state index in [0.29, 0.717) is 21.7 Å². The van der Waals surface area contributed by atoms with Crippen LogP contribution < -0.4 is 15.7 Å². The van der Waals surface area contributed by atoms with Crippen molar-refractivity contribution in [3.8, 4) is 5.75 Å². The van der Waals surface area contributed by atoms with Gasteiger partial charge in [0.05, 0.1) is 16.7 Å². The van der Waals surface area contributed by atoms with Crippen LogP contribution in [-0.2, 0) is 18.9 Å². The summed E-state index contributed by atoms with van der Waals surface area (Å²) in [6.07, 6.45) is 6.10. The number of nitrogens with zero attached hydrogens (tertiary/aromatic N) is 2. The van der Waals surface area contributed by atoms with Gasteiger partial charge >= 0.3 is 5.69 Å². The predicted molar refractivity (Wildman–Crippen MR) is 126 cm³/mol. The van der Waals surface area contributed by atoms with E-state index in [0.717, 1.165) is 15.9 Å². The number of anilines is 1. The van der Waals surface area contributed by atoms with Gasteiger partial charge in [-0.3, -0.25) is 13.9 Å². The quantitative estimate of drug-likeness (QED) is 0.565. The third-order valence-electron chi connectivity index (χ3n) is 5.68. The van der Waals surface area contributed by atoms with E-state index in [1.165, 1.54) is 32.1 Å². The van der Waals surface area contributed by atoms with Crippen molar-refractivity contribution in [2.75, 3.05) is 11.9 Å². The second-order valence-electron chi connectivity index (χ2n) is 7.91. The van der Waals surface area contributed by atoms with E-state index < -0.39 is 0 Å². The Hall–Kier alpha value is -2.38. The third kappa shape index (κ3) is 4.93. The first-order valence-corrected chi connectivity index (χ1v) is 11.7. The van der Waals surface area contributed by atoms with Crippen molar-refractivity contribution in [2.45, 2.75) is 42.2 Å². The number of halogens is 1. The molecule has 6 nitrogen and oxygen atoms in total. The predicted octanol–water partition coefficient (Wildman–Crippen LogP) is 4.97. The van der Waals surface area contributed by atoms with Crippen LogP contribution in [-0.4, -0.2) is 26.9 Å². The van der Waals surface area contributed by atoms with Crippen LogP contribution in [0.4, 0.5) is 5.69 Å². The molecule has 0 saturated heterocycles. The molecule has 1 amide bonds. The minimum atomic E-state index is -0.249. The Labute approximate surface area is 190 Å². The molecule has 164 valence electrons. The van der Waals surface area contributed by atoms with Gasteiger partial charge in [-0.1, -0.05) is 30.9 Å². The number of ether oxygens (including phenoxy) is 1. The molecule has 8 heteroatoms. The van der Waals surface area contributed by atoms with Gasteiger partial charge in [-0.25, -0.2) is 4.79 Å². The van der Waals surface area contributed by atoms with Crippen LogP contribution in [0.15, 0.2) is 46.1 Å². The van der Waals surface area contributed by atoms with Crippen LogP contribution >= 0.6 is 23.4 Å². The SMILES string of the molecule is Cn1c(=O)n(C)c2cc(SC3CCCCC3)c(NC(=O)COc3ccc(Cl)cc3)cc21. The minimum Gasteiger partial charge on any atom is -0.484 e. The molecular formula is C23H26ClN3O3S. The highest BCUT2D eigenvalue weighted by Crippen LogP contribution is 2.39. The standard InChI is InChI=1S/C23H26ClN3O3S/c1-26-19-12-18(25-22(28)14-30-16-10-8-15(24)9-11-16)21(13-20(19)27(2)23(26)29)31-17-6-4-3-5-7-17/h8-13,17H,3-7,14H2,1-2H3,(H,25,28). The lowest BCUT2D eigenvalue weighted by Gasteiger charge is -2.22. The molecule has 0 unspecified atom stereocenters. The van der Waals surface area contributed by atoms with Crippen molar-refractivity contribution in [3.05, 3.63) is 51.9 Å². The van der Waals surface area contributed by atoms with Crippen LogP contribution in [0.5, 0.6) is 5.75 Å². The Morgan fingerprint density at radius 2 is 1.74 bits per heavy atom. The Morgan fingerprint density at radius 3 is 2.42 bits per heavy atom. The summed E-state index contributed by atoms with van der Waals surface area (Å²) < 4.78 is 8.83. The first-order chi connectivity index (χ1) is 14.9. The molecule has 1 aromatic heterocycles. The smallest absolute Gasteiger partial charge is 0.328 e. The van der Waals surface area contributed by atoms with Gasteiger partial charge < -0.3 is 10.1 Å². The fourth-order valence-corrected chi connectivity index (χ4v) is 5.42. The molecule has 1 aliphatic rings. The van der Waals surface area contributed by atoms with Gasteiger partial charge in [-0.2, -0.15) is 0 Å². The van der Waals surface area contributed by atoms with Crippen molar-refractivity contribution in [2.24, 2.45) is 14.1 Å². The number of benzene rings is 2. The lowest BCUT2D eigenvalue weighted by atomic mass is 10.0. The number of nitrogens with one attached hydrogen (secondary N) is 1. The molecule has 0 bridgehead atoms. The van der Waals surface area contributed by atoms with Gasteiger partial charge in [0.15, 0.2) is 6.61 Å². The number of aromatic nitrogens is 2. The van der Waals surface area contributed by atoms with Gasteiger partial charge in [0, 0.05) is 29.3 Å². The van der Waals surface area contributed by atoms with Crippen molar-refractivity contribution in [3.63, 3.8) is 0 Å². The van der Waals surface area contributed by atoms with Crippen molar-refractivity contribution in [1.29, 1.82) is 0 Å². The second kappa shape index (κ2) is 9.40. The number of imidazole rings is 1. The number of thioether (sulfide) groups is 1. The number of carbonyl (C=O) groups is 1. The van der Waals surface area contributed by atoms with E-state index in [4.69, 9.17) is 16.3 Å². The molecule has 0 aliphatic heterocycles. The largest absolute Gasteiger partial charge is 0.484 e. The van der Waals surface area contributed by atoms with Crippen LogP contribution in [0.1, 0.15) is 32.1 Å². The maximum absolute atomic E-state index is 12.6. The van der Waals surface area contributed by atoms with Crippen LogP contribution in [0.3, 0.4) is 0 Å². The molecule has 4 rings (SSSR count). The summed E-state index contributed by atoms with van der Waals surface area (Å²) in [5, 5.41) is 4.13. The zero-order chi connectivity index (χ0) is 22.0. The van der Waals surface area contributed by atoms with Crippen molar-refractivity contribution < 1.29 is 9.53 Å². The van der Waals surface area contributed by atoms with Crippen LogP contribution in [0.2, 0.25) is 5.02 Å². The fourth-order valence-electron chi connectivity index (χ4n) is 3.95. The van der Waals surface area contributed by atoms with Crippen LogP contribution in [0, 0.1) is 0 Å². The summed E-state index contributed by atoms with van der Waals surface area (Å²) >= 11 is 7.68. The minimum absolute atomic E-state index is 0.0850. The first kappa shape index (κ1) is 21.8. The molecule has 1 N–H and O–H groups in total. The zero-order valence-corrected chi connectivity index (χ0v) is 19.3. The number of fused-ring (bicyclic) bond motifs is 1. The number of rotatable bonds is 6. The molecule has 31 heavy (non-hydrogen) atoms. The molecule has 0 radical (unpaired) electrons. The first-order valence-electron chi connectivity index (χ1n) is 10.5. The fraction of sp³-hybridized carbons (Fsp3) is 0.391. The highest BCUT2D eigenvalue weighted by atomic mass is 35.5. The lowest BCUT2D eigenvalue weighted by molar-refractivity contribution is -0.118. The van der Waals surface area contributed by atoms with E-state index in [-0.39, 0.29) is 18.2 Å². The number of aryl methyl sites for hydroxylation is 2. The zero-order valence-electron chi connectivity index (χ0n) is 17.7. The summed E-state index contributed by atoms with van der Waals surface area (Å²) in [7, 11) is 3.52. The topological polar surface area (TPSA) is 65.3 Å². The van der Waals surface area contributed by atoms with E-state index in [9.17, 15) is 9.59 Å². The Balaban J connectivity index is 1.58. The Kier molecular flexibility index (Phi) is 6.62. The maximum atomic E-state index is 12.6. The Bertz CT molecular complexity index is 1150. The molecule has 2 aromatic carbocycles. The average molecular weight is 460 g/mol. The molecule has 0 spiro atoms. The third-order valence-corrected chi connectivity index (χ3v) is 7.33. The summed E-state index contributed by atoms with van der Waals surface area (Å²) in [6, 6.07) is 10.8. The van der Waals surface area contributed by atoms with E-state index in [1.807, 2.05) is 12.1 Å². The van der Waals surface area contributed by atoms with Gasteiger partial charge in [-0.15, -0.1) is 11.8 Å². The summed E-state index contributed by atoms with van der Waals surface area (Å²) in [4.78, 5) is 26.0. The number of amides is 1. The summed E-state index contributed by atoms with van der Waals surface area (Å²) in [5.41, 5.74) is 2.28. The number of carbonyl (C=O) groups excluding carboxylic acids is 1. The lowest BCUT2D eigenvalue weighted by Crippen LogP contribution is -2.21. The van der Waals surface area contributed by atoms with E-state index in [2.05, 4.69) is 5.32 Å². The molecular weight excluding hydrogens is 434 g/mol. The monoisotopic (exact) mass is 459 g/mol. The van der Waals surface area contributed by atoms with Gasteiger partial charge in [0.2, 0.25) is 0 Å². The van der Waals surface area contributed by atoms with Crippen molar-refractivity contribution >= 4 is 46.0 Å². The molecule has 1 heterocycles. The maximum Gasteiger partial charge on any atom is 0.328 e. The van der Waals surface area contributed by atoms with Gasteiger partial charge in [0.1, 0.15) is 5.75 Å². The molecule has 1 fully saturated rings. The highest BCUT2D eigenvalue weighted by molar-refractivity contribution is 8.00.